The largest absolute Gasteiger partial charge is 0.507 e. The van der Waals surface area contributed by atoms with Crippen LogP contribution in [0.2, 0.25) is 0 Å². The maximum Gasteiger partial charge on any atom is 0.342 e. The third kappa shape index (κ3) is 3.90. The Morgan fingerprint density at radius 2 is 2.00 bits per heavy atom. The van der Waals surface area contributed by atoms with Crippen molar-refractivity contribution in [3.63, 3.8) is 0 Å². The maximum atomic E-state index is 12.8. The standard InChI is InChI=1S/C20H20N2O6/c1-12-9-18(24)21-15-5-3-4-6-16(15)22(12)19(25)11-28-20(26)14-8-7-13(27-2)10-17(14)23/h3-8,10,12,23H,9,11H2,1-2H3,(H,21,24)/t12-/m1/s1. The molecule has 1 atom stereocenters. The zero-order valence-corrected chi connectivity index (χ0v) is 15.5. The molecule has 1 heterocycles. The molecule has 3 rings (SSSR count). The SMILES string of the molecule is COc1ccc(C(=O)OCC(=O)N2c3ccccc3NC(=O)C[C@H]2C)c(O)c1. The van der Waals surface area contributed by atoms with Crippen molar-refractivity contribution in [2.24, 2.45) is 0 Å². The first kappa shape index (κ1) is 19.2. The number of esters is 1. The van der Waals surface area contributed by atoms with Crippen LogP contribution in [0.5, 0.6) is 11.5 Å². The number of methoxy groups -OCH3 is 1. The van der Waals surface area contributed by atoms with Gasteiger partial charge in [-0.2, -0.15) is 0 Å². The predicted octanol–water partition coefficient (Wildman–Crippen LogP) is 2.32. The molecule has 28 heavy (non-hydrogen) atoms. The molecule has 0 bridgehead atoms. The molecule has 1 aliphatic heterocycles. The number of hydrogen-bond donors (Lipinski definition) is 2. The Morgan fingerprint density at radius 3 is 2.71 bits per heavy atom. The van der Waals surface area contributed by atoms with Crippen molar-refractivity contribution in [1.82, 2.24) is 0 Å². The highest BCUT2D eigenvalue weighted by molar-refractivity contribution is 6.05. The van der Waals surface area contributed by atoms with E-state index in [1.165, 1.54) is 30.2 Å². The summed E-state index contributed by atoms with van der Waals surface area (Å²) in [6, 6.07) is 10.6. The van der Waals surface area contributed by atoms with E-state index in [-0.39, 0.29) is 23.6 Å². The Morgan fingerprint density at radius 1 is 1.25 bits per heavy atom. The molecule has 2 aromatic carbocycles. The van der Waals surface area contributed by atoms with E-state index in [1.807, 2.05) is 0 Å². The minimum absolute atomic E-state index is 0.0743. The normalized spacial score (nSPS) is 15.9. The third-order valence-corrected chi connectivity index (χ3v) is 4.38. The summed E-state index contributed by atoms with van der Waals surface area (Å²) in [4.78, 5) is 38.4. The van der Waals surface area contributed by atoms with Crippen molar-refractivity contribution in [2.75, 3.05) is 23.9 Å². The number of ether oxygens (including phenoxy) is 2. The molecule has 8 heteroatoms. The number of fused-ring (bicyclic) bond motifs is 1. The van der Waals surface area contributed by atoms with Crippen molar-refractivity contribution in [3.8, 4) is 11.5 Å². The summed E-state index contributed by atoms with van der Waals surface area (Å²) in [7, 11) is 1.44. The second-order valence-electron chi connectivity index (χ2n) is 6.34. The average Bonchev–Trinajstić information content (AvgIpc) is 2.79. The number of benzene rings is 2. The highest BCUT2D eigenvalue weighted by Gasteiger charge is 2.30. The second kappa shape index (κ2) is 7.99. The molecule has 1 aliphatic rings. The zero-order chi connectivity index (χ0) is 20.3. The summed E-state index contributed by atoms with van der Waals surface area (Å²) < 4.78 is 10.1. The van der Waals surface area contributed by atoms with Gasteiger partial charge in [0.2, 0.25) is 5.91 Å². The molecule has 146 valence electrons. The van der Waals surface area contributed by atoms with Crippen LogP contribution in [-0.4, -0.2) is 42.6 Å². The van der Waals surface area contributed by atoms with Gasteiger partial charge in [0, 0.05) is 18.5 Å². The molecular weight excluding hydrogens is 364 g/mol. The first-order valence-corrected chi connectivity index (χ1v) is 8.65. The molecule has 0 aliphatic carbocycles. The lowest BCUT2D eigenvalue weighted by Gasteiger charge is -2.27. The topological polar surface area (TPSA) is 105 Å². The van der Waals surface area contributed by atoms with Crippen molar-refractivity contribution >= 4 is 29.2 Å². The van der Waals surface area contributed by atoms with Gasteiger partial charge >= 0.3 is 5.97 Å². The number of anilines is 2. The maximum absolute atomic E-state index is 12.8. The van der Waals surface area contributed by atoms with Crippen LogP contribution >= 0.6 is 0 Å². The van der Waals surface area contributed by atoms with Crippen LogP contribution in [0.1, 0.15) is 23.7 Å². The van der Waals surface area contributed by atoms with Crippen molar-refractivity contribution in [2.45, 2.75) is 19.4 Å². The molecule has 2 N–H and O–H groups in total. The molecule has 0 saturated heterocycles. The van der Waals surface area contributed by atoms with Crippen molar-refractivity contribution in [3.05, 3.63) is 48.0 Å². The molecule has 0 saturated carbocycles. The summed E-state index contributed by atoms with van der Waals surface area (Å²) >= 11 is 0. The van der Waals surface area contributed by atoms with Crippen LogP contribution in [0, 0.1) is 0 Å². The fourth-order valence-electron chi connectivity index (χ4n) is 3.05. The van der Waals surface area contributed by atoms with Gasteiger partial charge in [-0.15, -0.1) is 0 Å². The van der Waals surface area contributed by atoms with Gasteiger partial charge in [0.1, 0.15) is 17.1 Å². The minimum atomic E-state index is -0.835. The molecule has 0 fully saturated rings. The monoisotopic (exact) mass is 384 g/mol. The van der Waals surface area contributed by atoms with Gasteiger partial charge in [0.05, 0.1) is 18.5 Å². The lowest BCUT2D eigenvalue weighted by Crippen LogP contribution is -2.41. The Kier molecular flexibility index (Phi) is 5.49. The summed E-state index contributed by atoms with van der Waals surface area (Å²) in [5.41, 5.74) is 0.980. The molecule has 8 nitrogen and oxygen atoms in total. The quantitative estimate of drug-likeness (QED) is 0.784. The summed E-state index contributed by atoms with van der Waals surface area (Å²) in [6.45, 7) is 1.22. The highest BCUT2D eigenvalue weighted by atomic mass is 16.5. The van der Waals surface area contributed by atoms with E-state index in [1.54, 1.807) is 31.2 Å². The number of nitrogens with zero attached hydrogens (tertiary/aromatic N) is 1. The molecular formula is C20H20N2O6. The number of aromatic hydroxyl groups is 1. The van der Waals surface area contributed by atoms with Crippen LogP contribution in [0.3, 0.4) is 0 Å². The van der Waals surface area contributed by atoms with Crippen molar-refractivity contribution in [1.29, 1.82) is 0 Å². The number of phenols is 1. The first-order valence-electron chi connectivity index (χ1n) is 8.65. The van der Waals surface area contributed by atoms with Crippen LogP contribution in [-0.2, 0) is 14.3 Å². The Labute approximate surface area is 161 Å². The van der Waals surface area contributed by atoms with Crippen LogP contribution < -0.4 is 15.0 Å². The molecule has 0 aromatic heterocycles. The molecule has 2 aromatic rings. The predicted molar refractivity (Wildman–Crippen MR) is 102 cm³/mol. The minimum Gasteiger partial charge on any atom is -0.507 e. The molecule has 0 spiro atoms. The van der Waals surface area contributed by atoms with E-state index >= 15 is 0 Å². The fraction of sp³-hybridized carbons (Fsp3) is 0.250. The number of hydrogen-bond acceptors (Lipinski definition) is 6. The van der Waals surface area contributed by atoms with Crippen LogP contribution in [0.4, 0.5) is 11.4 Å². The van der Waals surface area contributed by atoms with E-state index in [2.05, 4.69) is 5.32 Å². The number of amides is 2. The Bertz CT molecular complexity index is 927. The number of nitrogens with one attached hydrogen (secondary N) is 1. The fourth-order valence-corrected chi connectivity index (χ4v) is 3.05. The third-order valence-electron chi connectivity index (χ3n) is 4.38. The summed E-state index contributed by atoms with van der Waals surface area (Å²) in [5.74, 6) is -1.43. The smallest absolute Gasteiger partial charge is 0.342 e. The van der Waals surface area contributed by atoms with Gasteiger partial charge in [-0.25, -0.2) is 4.79 Å². The Balaban J connectivity index is 1.75. The van der Waals surface area contributed by atoms with Crippen LogP contribution in [0.25, 0.3) is 0 Å². The van der Waals surface area contributed by atoms with Gasteiger partial charge in [-0.05, 0) is 31.2 Å². The molecule has 0 unspecified atom stereocenters. The van der Waals surface area contributed by atoms with Gasteiger partial charge in [0.15, 0.2) is 6.61 Å². The van der Waals surface area contributed by atoms with E-state index in [4.69, 9.17) is 9.47 Å². The summed E-state index contributed by atoms with van der Waals surface area (Å²) in [6.07, 6.45) is 0.119. The number of rotatable bonds is 4. The average molecular weight is 384 g/mol. The lowest BCUT2D eigenvalue weighted by atomic mass is 10.1. The van der Waals surface area contributed by atoms with E-state index in [0.29, 0.717) is 17.1 Å². The van der Waals surface area contributed by atoms with Crippen molar-refractivity contribution < 1.29 is 29.0 Å². The zero-order valence-electron chi connectivity index (χ0n) is 15.5. The number of carbonyl (C=O) groups excluding carboxylic acids is 3. The highest BCUT2D eigenvalue weighted by Crippen LogP contribution is 2.31. The Hall–Kier alpha value is -3.55. The van der Waals surface area contributed by atoms with Gasteiger partial charge in [-0.1, -0.05) is 12.1 Å². The number of para-hydroxylation sites is 2. The second-order valence-corrected chi connectivity index (χ2v) is 6.34. The molecule has 0 radical (unpaired) electrons. The number of phenolic OH excluding ortho intramolecular Hbond substituents is 1. The van der Waals surface area contributed by atoms with Gasteiger partial charge in [-0.3, -0.25) is 9.59 Å². The van der Waals surface area contributed by atoms with Crippen LogP contribution in [0.15, 0.2) is 42.5 Å². The van der Waals surface area contributed by atoms with Gasteiger partial charge < -0.3 is 24.8 Å². The van der Waals surface area contributed by atoms with Gasteiger partial charge in [0.25, 0.3) is 5.91 Å². The van der Waals surface area contributed by atoms with E-state index in [9.17, 15) is 19.5 Å². The first-order chi connectivity index (χ1) is 13.4. The summed E-state index contributed by atoms with van der Waals surface area (Å²) in [5, 5.41) is 12.7. The number of carbonyl (C=O) groups is 3. The van der Waals surface area contributed by atoms with E-state index < -0.39 is 24.5 Å². The van der Waals surface area contributed by atoms with E-state index in [0.717, 1.165) is 0 Å². The molecule has 2 amide bonds. The lowest BCUT2D eigenvalue weighted by molar-refractivity contribution is -0.122.